The SMILES string of the molecule is Cc1ccc(N2C(=O)c3cccnc3[C@H]2CC(=O)NCCN2CCCC[C@@H]2C)cc1. The predicted octanol–water partition coefficient (Wildman–Crippen LogP) is 3.47. The van der Waals surface area contributed by atoms with Crippen molar-refractivity contribution in [2.45, 2.75) is 51.6 Å². The van der Waals surface area contributed by atoms with Gasteiger partial charge in [0.05, 0.1) is 23.7 Å². The molecule has 0 unspecified atom stereocenters. The Bertz CT molecular complexity index is 912. The Hall–Kier alpha value is -2.73. The fourth-order valence-electron chi connectivity index (χ4n) is 4.52. The summed E-state index contributed by atoms with van der Waals surface area (Å²) in [6, 6.07) is 11.6. The Morgan fingerprint density at radius 1 is 1.20 bits per heavy atom. The Morgan fingerprint density at radius 2 is 2.00 bits per heavy atom. The van der Waals surface area contributed by atoms with Gasteiger partial charge < -0.3 is 5.32 Å². The van der Waals surface area contributed by atoms with Crippen molar-refractivity contribution in [1.29, 1.82) is 0 Å². The van der Waals surface area contributed by atoms with Gasteiger partial charge >= 0.3 is 0 Å². The zero-order chi connectivity index (χ0) is 21.1. The van der Waals surface area contributed by atoms with E-state index in [1.165, 1.54) is 19.3 Å². The largest absolute Gasteiger partial charge is 0.355 e. The van der Waals surface area contributed by atoms with Crippen LogP contribution < -0.4 is 10.2 Å². The number of amides is 2. The van der Waals surface area contributed by atoms with Crippen molar-refractivity contribution < 1.29 is 9.59 Å². The van der Waals surface area contributed by atoms with E-state index in [1.807, 2.05) is 31.2 Å². The summed E-state index contributed by atoms with van der Waals surface area (Å²) < 4.78 is 0. The third kappa shape index (κ3) is 4.24. The lowest BCUT2D eigenvalue weighted by atomic mass is 10.0. The van der Waals surface area contributed by atoms with Gasteiger partial charge in [-0.3, -0.25) is 24.4 Å². The van der Waals surface area contributed by atoms with Crippen LogP contribution in [0.25, 0.3) is 0 Å². The van der Waals surface area contributed by atoms with Crippen molar-refractivity contribution in [3.8, 4) is 0 Å². The van der Waals surface area contributed by atoms with Crippen molar-refractivity contribution in [2.24, 2.45) is 0 Å². The first kappa shape index (κ1) is 20.5. The number of rotatable bonds is 6. The summed E-state index contributed by atoms with van der Waals surface area (Å²) in [5, 5.41) is 3.06. The van der Waals surface area contributed by atoms with E-state index in [0.717, 1.165) is 24.3 Å². The predicted molar refractivity (Wildman–Crippen MR) is 117 cm³/mol. The lowest BCUT2D eigenvalue weighted by Crippen LogP contribution is -2.43. The topological polar surface area (TPSA) is 65.5 Å². The van der Waals surface area contributed by atoms with Gasteiger partial charge in [-0.05, 0) is 57.5 Å². The number of carbonyl (C=O) groups excluding carboxylic acids is 2. The van der Waals surface area contributed by atoms with Gasteiger partial charge in [-0.25, -0.2) is 0 Å². The maximum atomic E-state index is 13.1. The van der Waals surface area contributed by atoms with Gasteiger partial charge in [0.2, 0.25) is 5.91 Å². The van der Waals surface area contributed by atoms with Gasteiger partial charge in [-0.2, -0.15) is 0 Å². The number of carbonyl (C=O) groups is 2. The fraction of sp³-hybridized carbons (Fsp3) is 0.458. The highest BCUT2D eigenvalue weighted by atomic mass is 16.2. The first-order valence-corrected chi connectivity index (χ1v) is 10.9. The first-order valence-electron chi connectivity index (χ1n) is 10.9. The van der Waals surface area contributed by atoms with Crippen LogP contribution >= 0.6 is 0 Å². The molecule has 2 aliphatic heterocycles. The third-order valence-electron chi connectivity index (χ3n) is 6.27. The number of hydrogen-bond donors (Lipinski definition) is 1. The first-order chi connectivity index (χ1) is 14.5. The average Bonchev–Trinajstić information content (AvgIpc) is 3.02. The van der Waals surface area contributed by atoms with Crippen molar-refractivity contribution in [3.05, 3.63) is 59.4 Å². The molecule has 1 aromatic carbocycles. The van der Waals surface area contributed by atoms with E-state index in [4.69, 9.17) is 0 Å². The molecule has 2 atom stereocenters. The van der Waals surface area contributed by atoms with Crippen LogP contribution in [-0.2, 0) is 4.79 Å². The minimum Gasteiger partial charge on any atom is -0.355 e. The molecular weight excluding hydrogens is 376 g/mol. The second kappa shape index (κ2) is 8.96. The molecule has 4 rings (SSSR count). The van der Waals surface area contributed by atoms with Crippen LogP contribution in [0.15, 0.2) is 42.6 Å². The normalized spacial score (nSPS) is 21.5. The maximum Gasteiger partial charge on any atom is 0.260 e. The summed E-state index contributed by atoms with van der Waals surface area (Å²) in [7, 11) is 0. The highest BCUT2D eigenvalue weighted by Crippen LogP contribution is 2.38. The van der Waals surface area contributed by atoms with Crippen LogP contribution in [0.5, 0.6) is 0 Å². The Labute approximate surface area is 178 Å². The number of benzene rings is 1. The maximum absolute atomic E-state index is 13.1. The lowest BCUT2D eigenvalue weighted by Gasteiger charge is -2.33. The molecule has 3 heterocycles. The molecule has 158 valence electrons. The molecule has 30 heavy (non-hydrogen) atoms. The molecule has 2 aliphatic rings. The molecule has 6 heteroatoms. The van der Waals surface area contributed by atoms with E-state index in [9.17, 15) is 9.59 Å². The lowest BCUT2D eigenvalue weighted by molar-refractivity contribution is -0.121. The molecule has 1 N–H and O–H groups in total. The minimum absolute atomic E-state index is 0.0481. The highest BCUT2D eigenvalue weighted by Gasteiger charge is 2.39. The molecule has 0 radical (unpaired) electrons. The molecule has 1 fully saturated rings. The van der Waals surface area contributed by atoms with E-state index >= 15 is 0 Å². The summed E-state index contributed by atoms with van der Waals surface area (Å²) in [5.74, 6) is -0.144. The van der Waals surface area contributed by atoms with Crippen LogP contribution in [0.4, 0.5) is 5.69 Å². The third-order valence-corrected chi connectivity index (χ3v) is 6.27. The smallest absolute Gasteiger partial charge is 0.260 e. The van der Waals surface area contributed by atoms with Crippen molar-refractivity contribution in [3.63, 3.8) is 0 Å². The standard InChI is InChI=1S/C24H30N4O2/c1-17-8-10-19(11-9-17)28-21(23-20(24(28)30)7-5-12-26-23)16-22(29)25-13-15-27-14-4-3-6-18(27)2/h5,7-12,18,21H,3-4,6,13-16H2,1-2H3,(H,25,29)/t18-,21+/m0/s1. The second-order valence-corrected chi connectivity index (χ2v) is 8.40. The van der Waals surface area contributed by atoms with Gasteiger partial charge in [0, 0.05) is 31.0 Å². The van der Waals surface area contributed by atoms with Crippen LogP contribution in [0.1, 0.15) is 60.3 Å². The summed E-state index contributed by atoms with van der Waals surface area (Å²) in [6.07, 6.45) is 5.65. The summed E-state index contributed by atoms with van der Waals surface area (Å²) >= 11 is 0. The van der Waals surface area contributed by atoms with Crippen molar-refractivity contribution in [1.82, 2.24) is 15.2 Å². The highest BCUT2D eigenvalue weighted by molar-refractivity contribution is 6.11. The van der Waals surface area contributed by atoms with Crippen molar-refractivity contribution in [2.75, 3.05) is 24.5 Å². The van der Waals surface area contributed by atoms with Crippen LogP contribution in [0.2, 0.25) is 0 Å². The average molecular weight is 407 g/mol. The van der Waals surface area contributed by atoms with Gasteiger partial charge in [0.25, 0.3) is 5.91 Å². The molecule has 2 amide bonds. The minimum atomic E-state index is -0.384. The zero-order valence-electron chi connectivity index (χ0n) is 17.8. The van der Waals surface area contributed by atoms with E-state index < -0.39 is 0 Å². The summed E-state index contributed by atoms with van der Waals surface area (Å²) in [6.45, 7) is 6.87. The molecule has 1 aromatic heterocycles. The number of pyridine rings is 1. The van der Waals surface area contributed by atoms with E-state index in [-0.39, 0.29) is 24.3 Å². The number of hydrogen-bond acceptors (Lipinski definition) is 4. The molecule has 0 bridgehead atoms. The monoisotopic (exact) mass is 406 g/mol. The van der Waals surface area contributed by atoms with E-state index in [1.54, 1.807) is 23.2 Å². The van der Waals surface area contributed by atoms with Gasteiger partial charge in [-0.15, -0.1) is 0 Å². The van der Waals surface area contributed by atoms with E-state index in [0.29, 0.717) is 23.8 Å². The summed E-state index contributed by atoms with van der Waals surface area (Å²) in [5.41, 5.74) is 3.19. The van der Waals surface area contributed by atoms with Gasteiger partial charge in [-0.1, -0.05) is 24.1 Å². The molecule has 0 spiro atoms. The number of nitrogens with zero attached hydrogens (tertiary/aromatic N) is 3. The number of fused-ring (bicyclic) bond motifs is 1. The Morgan fingerprint density at radius 3 is 2.77 bits per heavy atom. The molecule has 6 nitrogen and oxygen atoms in total. The van der Waals surface area contributed by atoms with Gasteiger partial charge in [0.15, 0.2) is 0 Å². The summed E-state index contributed by atoms with van der Waals surface area (Å²) in [4.78, 5) is 34.5. The van der Waals surface area contributed by atoms with Crippen molar-refractivity contribution >= 4 is 17.5 Å². The van der Waals surface area contributed by atoms with Crippen LogP contribution in [-0.4, -0.2) is 47.4 Å². The number of nitrogens with one attached hydrogen (secondary N) is 1. The molecule has 2 aromatic rings. The Balaban J connectivity index is 1.45. The number of piperidine rings is 1. The number of likely N-dealkylation sites (tertiary alicyclic amines) is 1. The molecule has 1 saturated heterocycles. The van der Waals surface area contributed by atoms with E-state index in [2.05, 4.69) is 22.1 Å². The van der Waals surface area contributed by atoms with Crippen LogP contribution in [0.3, 0.4) is 0 Å². The Kier molecular flexibility index (Phi) is 6.13. The molecular formula is C24H30N4O2. The second-order valence-electron chi connectivity index (χ2n) is 8.40. The fourth-order valence-corrected chi connectivity index (χ4v) is 4.52. The number of aryl methyl sites for hydroxylation is 1. The molecule has 0 aliphatic carbocycles. The quantitative estimate of drug-likeness (QED) is 0.798. The molecule has 0 saturated carbocycles. The van der Waals surface area contributed by atoms with Gasteiger partial charge in [0.1, 0.15) is 0 Å². The zero-order valence-corrected chi connectivity index (χ0v) is 17.8. The van der Waals surface area contributed by atoms with Crippen LogP contribution in [0, 0.1) is 6.92 Å². The number of aromatic nitrogens is 1. The number of anilines is 1.